The summed E-state index contributed by atoms with van der Waals surface area (Å²) in [5.74, 6) is 1.29. The first kappa shape index (κ1) is 50.0. The molecular formula is C76H48F3N5. The minimum atomic E-state index is -4.70. The Morgan fingerprint density at radius 1 is 0.238 bits per heavy atom. The van der Waals surface area contributed by atoms with Crippen molar-refractivity contribution in [3.8, 4) is 101 Å². The normalized spacial score (nSPS) is 11.8. The van der Waals surface area contributed by atoms with Crippen LogP contribution in [0.15, 0.2) is 291 Å². The van der Waals surface area contributed by atoms with E-state index in [0.717, 1.165) is 99.2 Å². The summed E-state index contributed by atoms with van der Waals surface area (Å²) in [6.45, 7) is 0. The van der Waals surface area contributed by atoms with Gasteiger partial charge in [0, 0.05) is 49.4 Å². The topological polar surface area (TPSA) is 48.5 Å². The van der Waals surface area contributed by atoms with Crippen LogP contribution in [-0.2, 0) is 6.18 Å². The minimum Gasteiger partial charge on any atom is -0.309 e. The van der Waals surface area contributed by atoms with Crippen LogP contribution in [0.25, 0.3) is 145 Å². The number of halogens is 3. The molecule has 8 heteroatoms. The molecule has 0 spiro atoms. The molecule has 15 rings (SSSR count). The second-order valence-corrected chi connectivity index (χ2v) is 21.1. The number of fused-ring (bicyclic) bond motifs is 6. The fourth-order valence-corrected chi connectivity index (χ4v) is 12.0. The van der Waals surface area contributed by atoms with Gasteiger partial charge in [-0.25, -0.2) is 15.0 Å². The van der Waals surface area contributed by atoms with E-state index in [-0.39, 0.29) is 0 Å². The first-order valence-electron chi connectivity index (χ1n) is 27.9. The summed E-state index contributed by atoms with van der Waals surface area (Å²) >= 11 is 0. The number of nitrogens with zero attached hydrogens (tertiary/aromatic N) is 5. The summed E-state index contributed by atoms with van der Waals surface area (Å²) < 4.78 is 51.6. The van der Waals surface area contributed by atoms with Crippen LogP contribution in [0.3, 0.4) is 0 Å². The largest absolute Gasteiger partial charge is 0.416 e. The predicted octanol–water partition coefficient (Wildman–Crippen LogP) is 20.4. The average molecular weight is 1090 g/mol. The van der Waals surface area contributed by atoms with Crippen molar-refractivity contribution in [1.82, 2.24) is 24.1 Å². The lowest BCUT2D eigenvalue weighted by Crippen LogP contribution is -2.08. The predicted molar refractivity (Wildman–Crippen MR) is 337 cm³/mol. The molecule has 3 heterocycles. The summed E-state index contributed by atoms with van der Waals surface area (Å²) in [6.07, 6.45) is -4.70. The second-order valence-electron chi connectivity index (χ2n) is 21.1. The van der Waals surface area contributed by atoms with Crippen LogP contribution >= 0.6 is 0 Å². The first-order valence-corrected chi connectivity index (χ1v) is 27.9. The maximum atomic E-state index is 15.7. The van der Waals surface area contributed by atoms with Crippen LogP contribution in [0, 0.1) is 0 Å². The molecule has 0 bridgehead atoms. The number of hydrogen-bond donors (Lipinski definition) is 0. The molecule has 0 unspecified atom stereocenters. The zero-order chi connectivity index (χ0) is 56.3. The average Bonchev–Trinajstić information content (AvgIpc) is 2.56. The third-order valence-corrected chi connectivity index (χ3v) is 16.0. The van der Waals surface area contributed by atoms with Gasteiger partial charge in [0.1, 0.15) is 0 Å². The van der Waals surface area contributed by atoms with E-state index in [4.69, 9.17) is 15.0 Å². The molecule has 0 aliphatic rings. The monoisotopic (exact) mass is 1090 g/mol. The van der Waals surface area contributed by atoms with Crippen LogP contribution < -0.4 is 0 Å². The van der Waals surface area contributed by atoms with Gasteiger partial charge in [0.25, 0.3) is 0 Å². The molecule has 0 amide bonds. The van der Waals surface area contributed by atoms with E-state index in [9.17, 15) is 0 Å². The summed E-state index contributed by atoms with van der Waals surface area (Å²) in [5.41, 5.74) is 15.3. The Labute approximate surface area is 482 Å². The minimum absolute atomic E-state index is 0.359. The van der Waals surface area contributed by atoms with Crippen molar-refractivity contribution in [2.75, 3.05) is 0 Å². The molecule has 0 fully saturated rings. The SMILES string of the molecule is FC(F)(F)c1ccc(-n2c3ccc(-c4ccccc4)cc3c3cc(-c4ccccc4)ccc32)c(-c2cc(-c3nc(-c4ccccc4)nc(-c4ccccc4)n3)ccc2-n2c3ccc(-c4ccccc4)cc3c3cc(-c4ccccc4)ccc32)c1. The lowest BCUT2D eigenvalue weighted by Gasteiger charge is -2.21. The molecule has 0 radical (unpaired) electrons. The van der Waals surface area contributed by atoms with Crippen LogP contribution in [-0.4, -0.2) is 24.1 Å². The summed E-state index contributed by atoms with van der Waals surface area (Å²) in [4.78, 5) is 15.3. The molecule has 3 aromatic heterocycles. The molecule has 0 atom stereocenters. The highest BCUT2D eigenvalue weighted by molar-refractivity contribution is 6.14. The Hall–Kier alpha value is -11.0. The van der Waals surface area contributed by atoms with Crippen LogP contribution in [0.5, 0.6) is 0 Å². The van der Waals surface area contributed by atoms with E-state index in [0.29, 0.717) is 45.5 Å². The van der Waals surface area contributed by atoms with Gasteiger partial charge in [0.2, 0.25) is 0 Å². The van der Waals surface area contributed by atoms with Gasteiger partial charge in [0.05, 0.1) is 39.0 Å². The Morgan fingerprint density at radius 3 is 0.833 bits per heavy atom. The Kier molecular flexibility index (Phi) is 12.2. The van der Waals surface area contributed by atoms with Crippen molar-refractivity contribution < 1.29 is 13.2 Å². The van der Waals surface area contributed by atoms with Gasteiger partial charge in [-0.05, 0) is 129 Å². The highest BCUT2D eigenvalue weighted by Crippen LogP contribution is 2.46. The lowest BCUT2D eigenvalue weighted by molar-refractivity contribution is -0.137. The van der Waals surface area contributed by atoms with E-state index in [1.807, 2.05) is 152 Å². The van der Waals surface area contributed by atoms with Gasteiger partial charge in [0.15, 0.2) is 17.5 Å². The van der Waals surface area contributed by atoms with Crippen molar-refractivity contribution in [3.63, 3.8) is 0 Å². The Balaban J connectivity index is 1.05. The molecule has 84 heavy (non-hydrogen) atoms. The zero-order valence-corrected chi connectivity index (χ0v) is 45.1. The van der Waals surface area contributed by atoms with Gasteiger partial charge in [-0.3, -0.25) is 0 Å². The van der Waals surface area contributed by atoms with Gasteiger partial charge in [-0.1, -0.05) is 206 Å². The summed E-state index contributed by atoms with van der Waals surface area (Å²) in [6, 6.07) is 96.5. The Morgan fingerprint density at radius 2 is 0.512 bits per heavy atom. The highest BCUT2D eigenvalue weighted by Gasteiger charge is 2.33. The summed E-state index contributed by atoms with van der Waals surface area (Å²) in [7, 11) is 0. The van der Waals surface area contributed by atoms with Gasteiger partial charge < -0.3 is 9.13 Å². The third-order valence-electron chi connectivity index (χ3n) is 16.0. The van der Waals surface area contributed by atoms with Crippen LogP contribution in [0.2, 0.25) is 0 Å². The molecule has 0 N–H and O–H groups in total. The van der Waals surface area contributed by atoms with Crippen molar-refractivity contribution in [3.05, 3.63) is 297 Å². The maximum absolute atomic E-state index is 15.7. The number of benzene rings is 12. The highest BCUT2D eigenvalue weighted by atomic mass is 19.4. The van der Waals surface area contributed by atoms with E-state index >= 15 is 13.2 Å². The molecule has 0 saturated carbocycles. The summed E-state index contributed by atoms with van der Waals surface area (Å²) in [5, 5.41) is 3.90. The second kappa shape index (κ2) is 20.5. The van der Waals surface area contributed by atoms with Crippen LogP contribution in [0.1, 0.15) is 5.56 Å². The molecule has 0 aliphatic carbocycles. The number of hydrogen-bond acceptors (Lipinski definition) is 3. The van der Waals surface area contributed by atoms with Crippen molar-refractivity contribution >= 4 is 43.6 Å². The fourth-order valence-electron chi connectivity index (χ4n) is 12.0. The van der Waals surface area contributed by atoms with Gasteiger partial charge in [-0.15, -0.1) is 0 Å². The van der Waals surface area contributed by atoms with E-state index in [2.05, 4.69) is 130 Å². The number of alkyl halides is 3. The maximum Gasteiger partial charge on any atom is 0.416 e. The van der Waals surface area contributed by atoms with Crippen molar-refractivity contribution in [2.45, 2.75) is 6.18 Å². The molecule has 0 saturated heterocycles. The van der Waals surface area contributed by atoms with Gasteiger partial charge in [-0.2, -0.15) is 13.2 Å². The quantitative estimate of drug-likeness (QED) is 0.137. The van der Waals surface area contributed by atoms with E-state index in [1.165, 1.54) is 12.1 Å². The lowest BCUT2D eigenvalue weighted by atomic mass is 9.96. The third kappa shape index (κ3) is 8.98. The first-order chi connectivity index (χ1) is 41.3. The number of rotatable bonds is 10. The number of aromatic nitrogens is 5. The molecule has 15 aromatic rings. The standard InChI is InChI=1S/C76H48F3N5/c77-76(78,79)60-36-42-72(84-69-39-33-57(51-23-11-3-12-24-51)45-63(69)64-46-58(34-40-70(64)84)52-25-13-4-14-26-52)66(48-60)65-47-59(75-81-73(53-27-15-5-16-28-53)80-74(82-75)54-29-17-6-18-30-54)35-41-71(65)83-67-37-31-55(49-19-7-1-8-20-49)43-61(67)62-44-56(32-38-68(62)83)50-21-9-2-10-22-50/h1-48H. The zero-order valence-electron chi connectivity index (χ0n) is 45.1. The molecule has 398 valence electrons. The molecule has 12 aromatic carbocycles. The van der Waals surface area contributed by atoms with E-state index < -0.39 is 11.7 Å². The van der Waals surface area contributed by atoms with Gasteiger partial charge >= 0.3 is 6.18 Å². The van der Waals surface area contributed by atoms with Crippen molar-refractivity contribution in [1.29, 1.82) is 0 Å². The fraction of sp³-hybridized carbons (Fsp3) is 0.0132. The smallest absolute Gasteiger partial charge is 0.309 e. The Bertz CT molecular complexity index is 4710. The van der Waals surface area contributed by atoms with E-state index in [1.54, 1.807) is 6.07 Å². The molecule has 0 aliphatic heterocycles. The molecular weight excluding hydrogens is 1040 g/mol. The van der Waals surface area contributed by atoms with Crippen molar-refractivity contribution in [2.24, 2.45) is 0 Å². The van der Waals surface area contributed by atoms with Crippen LogP contribution in [0.4, 0.5) is 13.2 Å². The molecule has 5 nitrogen and oxygen atoms in total.